The van der Waals surface area contributed by atoms with Crippen molar-refractivity contribution < 1.29 is 9.53 Å². The van der Waals surface area contributed by atoms with Gasteiger partial charge in [-0.15, -0.1) is 11.8 Å². The molecule has 2 saturated carbocycles. The van der Waals surface area contributed by atoms with Gasteiger partial charge in [0.1, 0.15) is 17.4 Å². The van der Waals surface area contributed by atoms with Gasteiger partial charge in [0.25, 0.3) is 5.56 Å². The molecule has 6 rings (SSSR count). The molecular weight excluding hydrogens is 516 g/mol. The van der Waals surface area contributed by atoms with Gasteiger partial charge in [-0.25, -0.2) is 24.9 Å². The highest BCUT2D eigenvalue weighted by molar-refractivity contribution is 7.99. The highest BCUT2D eigenvalue weighted by Crippen LogP contribution is 2.45. The van der Waals surface area contributed by atoms with Crippen molar-refractivity contribution in [2.24, 2.45) is 0 Å². The molecule has 11 nitrogen and oxygen atoms in total. The number of aromatic nitrogens is 7. The molecular formula is C27H28N8O3S. The van der Waals surface area contributed by atoms with Crippen LogP contribution in [0, 0.1) is 0 Å². The van der Waals surface area contributed by atoms with E-state index >= 15 is 0 Å². The molecule has 1 N–H and O–H groups in total. The molecule has 200 valence electrons. The zero-order valence-electron chi connectivity index (χ0n) is 21.8. The van der Waals surface area contributed by atoms with E-state index in [9.17, 15) is 9.59 Å². The van der Waals surface area contributed by atoms with E-state index in [1.54, 1.807) is 25.1 Å². The lowest BCUT2D eigenvalue weighted by atomic mass is 10.1. The van der Waals surface area contributed by atoms with Gasteiger partial charge in [-0.3, -0.25) is 19.1 Å². The smallest absolute Gasteiger partial charge is 0.295 e. The van der Waals surface area contributed by atoms with Crippen molar-refractivity contribution in [3.05, 3.63) is 52.6 Å². The highest BCUT2D eigenvalue weighted by atomic mass is 32.2. The number of hydrogen-bond donors (Lipinski definition) is 1. The number of nitrogens with zero attached hydrogens (tertiary/aromatic N) is 7. The van der Waals surface area contributed by atoms with Gasteiger partial charge in [0.15, 0.2) is 23.1 Å². The van der Waals surface area contributed by atoms with E-state index in [0.29, 0.717) is 53.7 Å². The van der Waals surface area contributed by atoms with Crippen LogP contribution in [0.25, 0.3) is 22.6 Å². The zero-order chi connectivity index (χ0) is 26.9. The van der Waals surface area contributed by atoms with Crippen molar-refractivity contribution in [3.63, 3.8) is 0 Å². The Hall–Kier alpha value is -3.93. The first kappa shape index (κ1) is 25.4. The summed E-state index contributed by atoms with van der Waals surface area (Å²) in [6, 6.07) is 3.33. The number of rotatable bonds is 9. The first-order valence-corrected chi connectivity index (χ1v) is 14.1. The van der Waals surface area contributed by atoms with Gasteiger partial charge in [0.2, 0.25) is 5.88 Å². The summed E-state index contributed by atoms with van der Waals surface area (Å²) in [7, 11) is 1.54. The van der Waals surface area contributed by atoms with Crippen molar-refractivity contribution in [2.45, 2.75) is 62.4 Å². The summed E-state index contributed by atoms with van der Waals surface area (Å²) in [6.45, 7) is 2.40. The van der Waals surface area contributed by atoms with Gasteiger partial charge in [-0.05, 0) is 43.6 Å². The highest BCUT2D eigenvalue weighted by Gasteiger charge is 2.33. The molecule has 39 heavy (non-hydrogen) atoms. The third-order valence-corrected chi connectivity index (χ3v) is 7.85. The van der Waals surface area contributed by atoms with Crippen LogP contribution < -0.4 is 15.6 Å². The summed E-state index contributed by atoms with van der Waals surface area (Å²) in [5.74, 6) is 2.13. The molecule has 4 heterocycles. The van der Waals surface area contributed by atoms with Crippen molar-refractivity contribution >= 4 is 34.5 Å². The molecule has 1 atom stereocenters. The van der Waals surface area contributed by atoms with E-state index in [2.05, 4.69) is 37.2 Å². The second-order valence-electron chi connectivity index (χ2n) is 9.60. The van der Waals surface area contributed by atoms with Crippen LogP contribution in [-0.4, -0.2) is 53.1 Å². The lowest BCUT2D eigenvalue weighted by Crippen LogP contribution is -2.31. The van der Waals surface area contributed by atoms with Crippen LogP contribution >= 0.6 is 11.8 Å². The number of fused-ring (bicyclic) bond motifs is 1. The Labute approximate surface area is 228 Å². The lowest BCUT2D eigenvalue weighted by Gasteiger charge is -2.18. The van der Waals surface area contributed by atoms with Crippen LogP contribution in [0.3, 0.4) is 0 Å². The number of ether oxygens (including phenoxy) is 1. The molecule has 2 aliphatic rings. The number of pyridine rings is 1. The minimum Gasteiger partial charge on any atom is -0.480 e. The zero-order valence-corrected chi connectivity index (χ0v) is 22.6. The predicted octanol–water partition coefficient (Wildman–Crippen LogP) is 3.94. The van der Waals surface area contributed by atoms with Gasteiger partial charge >= 0.3 is 0 Å². The van der Waals surface area contributed by atoms with Gasteiger partial charge in [-0.1, -0.05) is 6.92 Å². The molecule has 2 fully saturated rings. The van der Waals surface area contributed by atoms with E-state index in [-0.39, 0.29) is 11.6 Å². The molecule has 0 saturated heterocycles. The van der Waals surface area contributed by atoms with Crippen molar-refractivity contribution in [3.8, 4) is 17.3 Å². The molecule has 4 aromatic rings. The summed E-state index contributed by atoms with van der Waals surface area (Å²) in [4.78, 5) is 54.9. The van der Waals surface area contributed by atoms with E-state index in [1.165, 1.54) is 10.9 Å². The van der Waals surface area contributed by atoms with E-state index in [1.807, 2.05) is 18.3 Å². The topological polar surface area (TPSA) is 138 Å². The SMILES string of the molecule is CCSc1ccc(CNc2nc3cnc(-c4c(OC)ncnc4C4CC4)nc3n(C3CCCC3=O)c2=O)nc1. The van der Waals surface area contributed by atoms with Crippen LogP contribution in [-0.2, 0) is 11.3 Å². The number of ketones is 1. The van der Waals surface area contributed by atoms with Crippen LogP contribution in [0.5, 0.6) is 5.88 Å². The maximum atomic E-state index is 13.8. The molecule has 12 heteroatoms. The third-order valence-electron chi connectivity index (χ3n) is 6.98. The fraction of sp³-hybridized carbons (Fsp3) is 0.407. The molecule has 2 aliphatic carbocycles. The van der Waals surface area contributed by atoms with Crippen molar-refractivity contribution in [1.29, 1.82) is 0 Å². The normalized spacial score (nSPS) is 17.1. The van der Waals surface area contributed by atoms with Crippen molar-refractivity contribution in [2.75, 3.05) is 18.2 Å². The quantitative estimate of drug-likeness (QED) is 0.307. The summed E-state index contributed by atoms with van der Waals surface area (Å²) in [5, 5.41) is 3.13. The Kier molecular flexibility index (Phi) is 6.94. The largest absolute Gasteiger partial charge is 0.480 e. The second kappa shape index (κ2) is 10.7. The van der Waals surface area contributed by atoms with Gasteiger partial charge in [0, 0.05) is 23.4 Å². The van der Waals surface area contributed by atoms with Crippen LogP contribution in [0.2, 0.25) is 0 Å². The van der Waals surface area contributed by atoms with Gasteiger partial charge in [-0.2, -0.15) is 0 Å². The molecule has 1 unspecified atom stereocenters. The first-order chi connectivity index (χ1) is 19.1. The molecule has 0 aliphatic heterocycles. The minimum absolute atomic E-state index is 0.0145. The number of methoxy groups -OCH3 is 1. The molecule has 0 amide bonds. The maximum absolute atomic E-state index is 13.8. The Morgan fingerprint density at radius 2 is 1.95 bits per heavy atom. The Bertz CT molecular complexity index is 1600. The fourth-order valence-electron chi connectivity index (χ4n) is 4.95. The van der Waals surface area contributed by atoms with E-state index < -0.39 is 11.6 Å². The number of anilines is 1. The molecule has 0 bridgehead atoms. The van der Waals surface area contributed by atoms with E-state index in [0.717, 1.165) is 41.3 Å². The van der Waals surface area contributed by atoms with Crippen molar-refractivity contribution in [1.82, 2.24) is 34.5 Å². The molecule has 0 radical (unpaired) electrons. The molecule has 4 aromatic heterocycles. The summed E-state index contributed by atoms with van der Waals surface area (Å²) in [6.07, 6.45) is 8.64. The second-order valence-corrected chi connectivity index (χ2v) is 10.9. The number of carbonyl (C=O) groups is 1. The summed E-state index contributed by atoms with van der Waals surface area (Å²) in [5.41, 5.74) is 2.53. The average molecular weight is 545 g/mol. The predicted molar refractivity (Wildman–Crippen MR) is 147 cm³/mol. The summed E-state index contributed by atoms with van der Waals surface area (Å²) >= 11 is 1.72. The Balaban J connectivity index is 1.43. The number of thioether (sulfide) groups is 1. The Morgan fingerprint density at radius 1 is 1.08 bits per heavy atom. The fourth-order valence-corrected chi connectivity index (χ4v) is 5.58. The van der Waals surface area contributed by atoms with Crippen LogP contribution in [0.15, 0.2) is 40.5 Å². The standard InChI is InChI=1S/C27H28N8O3S/c1-3-39-17-10-9-16(28-12-17)11-29-24-27(37)35(19-5-4-6-20(19)36)25-18(33-24)13-30-23(34-25)21-22(15-7-8-15)31-14-32-26(21)38-2/h9-10,12-15,19H,3-8,11H2,1-2H3,(H,29,33). The molecule has 0 spiro atoms. The summed E-state index contributed by atoms with van der Waals surface area (Å²) < 4.78 is 7.01. The average Bonchev–Trinajstić information content (AvgIpc) is 3.73. The number of hydrogen-bond acceptors (Lipinski definition) is 11. The van der Waals surface area contributed by atoms with E-state index in [4.69, 9.17) is 9.72 Å². The third kappa shape index (κ3) is 4.96. The number of carbonyl (C=O) groups excluding carboxylic acids is 1. The van der Waals surface area contributed by atoms with Crippen LogP contribution in [0.1, 0.15) is 62.4 Å². The number of Topliss-reactive ketones (excluding diaryl/α,β-unsaturated/α-hetero) is 1. The monoisotopic (exact) mass is 544 g/mol. The Morgan fingerprint density at radius 3 is 2.64 bits per heavy atom. The van der Waals surface area contributed by atoms with Gasteiger partial charge < -0.3 is 10.1 Å². The number of nitrogens with one attached hydrogen (secondary N) is 1. The lowest BCUT2D eigenvalue weighted by molar-refractivity contribution is -0.120. The first-order valence-electron chi connectivity index (χ1n) is 13.1. The minimum atomic E-state index is -0.605. The van der Waals surface area contributed by atoms with Gasteiger partial charge in [0.05, 0.1) is 37.3 Å². The van der Waals surface area contributed by atoms with Crippen LogP contribution in [0.4, 0.5) is 5.82 Å². The maximum Gasteiger partial charge on any atom is 0.295 e. The molecule has 0 aromatic carbocycles.